The molecule has 1 aromatic heterocycles. The van der Waals surface area contributed by atoms with Crippen LogP contribution in [0, 0.1) is 0 Å². The van der Waals surface area contributed by atoms with Gasteiger partial charge in [0.05, 0.1) is 22.0 Å². The predicted molar refractivity (Wildman–Crippen MR) is 73.5 cm³/mol. The molecule has 0 aliphatic carbocycles. The molecule has 3 nitrogen and oxygen atoms in total. The second-order valence-electron chi connectivity index (χ2n) is 3.38. The van der Waals surface area contributed by atoms with E-state index in [0.29, 0.717) is 20.6 Å². The van der Waals surface area contributed by atoms with E-state index in [2.05, 4.69) is 9.97 Å². The fourth-order valence-corrected chi connectivity index (χ4v) is 2.27. The molecule has 0 N–H and O–H groups in total. The Morgan fingerprint density at radius 1 is 1.22 bits per heavy atom. The summed E-state index contributed by atoms with van der Waals surface area (Å²) in [5, 5.41) is 1.53. The third kappa shape index (κ3) is 3.45. The van der Waals surface area contributed by atoms with Gasteiger partial charge in [-0.3, -0.25) is 9.78 Å². The number of nitrogens with zero attached hydrogens (tertiary/aromatic N) is 2. The van der Waals surface area contributed by atoms with E-state index in [4.69, 9.17) is 23.2 Å². The molecule has 0 radical (unpaired) electrons. The summed E-state index contributed by atoms with van der Waals surface area (Å²) in [6.45, 7) is 0. The molecule has 1 aromatic carbocycles. The van der Waals surface area contributed by atoms with Crippen LogP contribution in [0.1, 0.15) is 10.4 Å². The lowest BCUT2D eigenvalue weighted by molar-refractivity contribution is 0.102. The number of rotatable bonds is 4. The number of benzene rings is 1. The van der Waals surface area contributed by atoms with Gasteiger partial charge in [0.15, 0.2) is 5.78 Å². The van der Waals surface area contributed by atoms with Gasteiger partial charge in [0, 0.05) is 18.0 Å². The van der Waals surface area contributed by atoms with E-state index in [0.717, 1.165) is 0 Å². The first-order valence-electron chi connectivity index (χ1n) is 5.04. The van der Waals surface area contributed by atoms with Crippen molar-refractivity contribution < 1.29 is 4.79 Å². The molecule has 0 atom stereocenters. The van der Waals surface area contributed by atoms with Crippen LogP contribution in [0.5, 0.6) is 0 Å². The molecule has 0 saturated heterocycles. The van der Waals surface area contributed by atoms with E-state index in [1.807, 2.05) is 0 Å². The Balaban J connectivity index is 2.02. The second kappa shape index (κ2) is 6.18. The first-order valence-corrected chi connectivity index (χ1v) is 6.78. The topological polar surface area (TPSA) is 42.9 Å². The number of halogens is 2. The van der Waals surface area contributed by atoms with E-state index in [-0.39, 0.29) is 11.5 Å². The summed E-state index contributed by atoms with van der Waals surface area (Å²) in [5.74, 6) is 0.264. The largest absolute Gasteiger partial charge is 0.293 e. The van der Waals surface area contributed by atoms with Crippen molar-refractivity contribution in [1.29, 1.82) is 0 Å². The first kappa shape index (κ1) is 13.3. The van der Waals surface area contributed by atoms with E-state index in [1.54, 1.807) is 36.8 Å². The third-order valence-corrected chi connectivity index (χ3v) is 3.78. The standard InChI is InChI=1S/C12H8Cl2N2OS/c13-9-2-1-8(5-10(9)14)11(17)7-18-12-6-15-3-4-16-12/h1-6H,7H2. The smallest absolute Gasteiger partial charge is 0.173 e. The van der Waals surface area contributed by atoms with Crippen LogP contribution in [0.3, 0.4) is 0 Å². The minimum atomic E-state index is -0.0239. The Kier molecular flexibility index (Phi) is 4.58. The molecular formula is C12H8Cl2N2OS. The Hall–Kier alpha value is -1.10. The van der Waals surface area contributed by atoms with Crippen molar-refractivity contribution in [2.45, 2.75) is 5.03 Å². The second-order valence-corrected chi connectivity index (χ2v) is 5.19. The Bertz CT molecular complexity index is 563. The van der Waals surface area contributed by atoms with Crippen molar-refractivity contribution >= 4 is 40.7 Å². The zero-order valence-corrected chi connectivity index (χ0v) is 11.5. The molecule has 0 bridgehead atoms. The summed E-state index contributed by atoms with van der Waals surface area (Å²) < 4.78 is 0. The molecule has 0 aliphatic heterocycles. The fraction of sp³-hybridized carbons (Fsp3) is 0.0833. The van der Waals surface area contributed by atoms with Crippen molar-refractivity contribution in [3.63, 3.8) is 0 Å². The van der Waals surface area contributed by atoms with Gasteiger partial charge in [0.1, 0.15) is 5.03 Å². The van der Waals surface area contributed by atoms with E-state index in [9.17, 15) is 4.79 Å². The highest BCUT2D eigenvalue weighted by molar-refractivity contribution is 7.99. The predicted octanol–water partition coefficient (Wildman–Crippen LogP) is 3.76. The van der Waals surface area contributed by atoms with Crippen LogP contribution in [-0.2, 0) is 0 Å². The van der Waals surface area contributed by atoms with Gasteiger partial charge in [-0.15, -0.1) is 0 Å². The summed E-state index contributed by atoms with van der Waals surface area (Å²) in [7, 11) is 0. The van der Waals surface area contributed by atoms with Gasteiger partial charge in [-0.05, 0) is 18.2 Å². The van der Waals surface area contributed by atoms with Crippen LogP contribution in [0.2, 0.25) is 10.0 Å². The highest BCUT2D eigenvalue weighted by Crippen LogP contribution is 2.24. The van der Waals surface area contributed by atoms with Gasteiger partial charge in [-0.25, -0.2) is 4.98 Å². The van der Waals surface area contributed by atoms with Crippen LogP contribution in [-0.4, -0.2) is 21.5 Å². The van der Waals surface area contributed by atoms with Gasteiger partial charge in [0.25, 0.3) is 0 Å². The Morgan fingerprint density at radius 2 is 2.06 bits per heavy atom. The third-order valence-electron chi connectivity index (χ3n) is 2.13. The minimum absolute atomic E-state index is 0.0239. The summed E-state index contributed by atoms with van der Waals surface area (Å²) in [6, 6.07) is 4.85. The molecule has 6 heteroatoms. The lowest BCUT2D eigenvalue weighted by Crippen LogP contribution is -2.02. The lowest BCUT2D eigenvalue weighted by atomic mass is 10.1. The van der Waals surface area contributed by atoms with Crippen LogP contribution >= 0.6 is 35.0 Å². The van der Waals surface area contributed by atoms with Crippen molar-refractivity contribution in [2.24, 2.45) is 0 Å². The monoisotopic (exact) mass is 298 g/mol. The molecule has 0 spiro atoms. The summed E-state index contributed by atoms with van der Waals surface area (Å²) >= 11 is 13.0. The number of ketones is 1. The molecule has 0 aliphatic rings. The SMILES string of the molecule is O=C(CSc1cnccn1)c1ccc(Cl)c(Cl)c1. The maximum Gasteiger partial charge on any atom is 0.173 e. The van der Waals surface area contributed by atoms with Crippen LogP contribution < -0.4 is 0 Å². The van der Waals surface area contributed by atoms with E-state index < -0.39 is 0 Å². The van der Waals surface area contributed by atoms with Crippen molar-refractivity contribution in [2.75, 3.05) is 5.75 Å². The van der Waals surface area contributed by atoms with Gasteiger partial charge >= 0.3 is 0 Å². The number of carbonyl (C=O) groups is 1. The Labute approximate surface area is 119 Å². The number of carbonyl (C=O) groups excluding carboxylic acids is 1. The molecule has 18 heavy (non-hydrogen) atoms. The maximum absolute atomic E-state index is 11.9. The normalized spacial score (nSPS) is 10.3. The summed E-state index contributed by atoms with van der Waals surface area (Å²) in [4.78, 5) is 19.9. The van der Waals surface area contributed by atoms with Crippen LogP contribution in [0.25, 0.3) is 0 Å². The number of thioether (sulfide) groups is 1. The van der Waals surface area contributed by atoms with E-state index >= 15 is 0 Å². The molecule has 2 rings (SSSR count). The highest BCUT2D eigenvalue weighted by atomic mass is 35.5. The summed E-state index contributed by atoms with van der Waals surface area (Å²) in [6.07, 6.45) is 4.80. The molecule has 1 heterocycles. The number of hydrogen-bond acceptors (Lipinski definition) is 4. The molecule has 92 valence electrons. The number of hydrogen-bond donors (Lipinski definition) is 0. The van der Waals surface area contributed by atoms with Crippen LogP contribution in [0.4, 0.5) is 0 Å². The lowest BCUT2D eigenvalue weighted by Gasteiger charge is -2.02. The average Bonchev–Trinajstić information content (AvgIpc) is 2.40. The average molecular weight is 299 g/mol. The van der Waals surface area contributed by atoms with E-state index in [1.165, 1.54) is 11.8 Å². The van der Waals surface area contributed by atoms with Gasteiger partial charge in [0.2, 0.25) is 0 Å². The van der Waals surface area contributed by atoms with Gasteiger partial charge < -0.3 is 0 Å². The zero-order chi connectivity index (χ0) is 13.0. The van der Waals surface area contributed by atoms with Crippen molar-refractivity contribution in [3.05, 3.63) is 52.4 Å². The van der Waals surface area contributed by atoms with Gasteiger partial charge in [-0.1, -0.05) is 35.0 Å². The Morgan fingerprint density at radius 3 is 2.72 bits per heavy atom. The maximum atomic E-state index is 11.9. The highest BCUT2D eigenvalue weighted by Gasteiger charge is 2.09. The van der Waals surface area contributed by atoms with Gasteiger partial charge in [-0.2, -0.15) is 0 Å². The molecule has 0 saturated carbocycles. The fourth-order valence-electron chi connectivity index (χ4n) is 1.25. The molecule has 2 aromatic rings. The molecule has 0 unspecified atom stereocenters. The number of aromatic nitrogens is 2. The molecule has 0 fully saturated rings. The quantitative estimate of drug-likeness (QED) is 0.637. The first-order chi connectivity index (χ1) is 8.66. The number of Topliss-reactive ketones (excluding diaryl/α,β-unsaturated/α-hetero) is 1. The zero-order valence-electron chi connectivity index (χ0n) is 9.14. The van der Waals surface area contributed by atoms with Crippen LogP contribution in [0.15, 0.2) is 41.8 Å². The minimum Gasteiger partial charge on any atom is -0.293 e. The van der Waals surface area contributed by atoms with Crippen molar-refractivity contribution in [1.82, 2.24) is 9.97 Å². The summed E-state index contributed by atoms with van der Waals surface area (Å²) in [5.41, 5.74) is 0.542. The molecule has 0 amide bonds. The molecular weight excluding hydrogens is 291 g/mol. The van der Waals surface area contributed by atoms with Crippen molar-refractivity contribution in [3.8, 4) is 0 Å².